The van der Waals surface area contributed by atoms with Crippen molar-refractivity contribution < 1.29 is 4.79 Å². The maximum Gasteiger partial charge on any atom is 0.223 e. The Labute approximate surface area is 158 Å². The van der Waals surface area contributed by atoms with E-state index in [0.29, 0.717) is 17.9 Å². The van der Waals surface area contributed by atoms with Gasteiger partial charge in [0.05, 0.1) is 6.04 Å². The number of carbonyl (C=O) groups is 1. The van der Waals surface area contributed by atoms with Crippen molar-refractivity contribution in [1.82, 2.24) is 36.7 Å². The summed E-state index contributed by atoms with van der Waals surface area (Å²) in [6.45, 7) is 3.94. The first kappa shape index (κ1) is 18.0. The zero-order valence-electron chi connectivity index (χ0n) is 15.6. The lowest BCUT2D eigenvalue weighted by Gasteiger charge is -2.30. The van der Waals surface area contributed by atoms with Gasteiger partial charge in [0.15, 0.2) is 5.82 Å². The molecule has 2 fully saturated rings. The SMILES string of the molecule is Cc1nc(-c2ccncc2)ncc1C(C)NC(=O)C1CCC2NNNC2C1. The number of nitrogens with zero attached hydrogens (tertiary/aromatic N) is 3. The zero-order valence-corrected chi connectivity index (χ0v) is 15.6. The first-order valence-corrected chi connectivity index (χ1v) is 9.42. The van der Waals surface area contributed by atoms with E-state index in [2.05, 4.69) is 36.7 Å². The standard InChI is InChI=1S/C19H25N7O/c1-11-15(10-21-18(22-11)13-5-7-20-8-6-13)12(2)23-19(27)14-3-4-16-17(9-14)25-26-24-16/h5-8,10,12,14,16-17,24-26H,3-4,9H2,1-2H3,(H,23,27). The van der Waals surface area contributed by atoms with Gasteiger partial charge < -0.3 is 5.32 Å². The maximum atomic E-state index is 12.7. The minimum absolute atomic E-state index is 0.0280. The van der Waals surface area contributed by atoms with Crippen LogP contribution in [0.5, 0.6) is 0 Å². The predicted molar refractivity (Wildman–Crippen MR) is 101 cm³/mol. The number of nitrogens with one attached hydrogen (secondary N) is 4. The van der Waals surface area contributed by atoms with Crippen molar-refractivity contribution >= 4 is 5.91 Å². The van der Waals surface area contributed by atoms with Crippen LogP contribution in [0, 0.1) is 12.8 Å². The summed E-state index contributed by atoms with van der Waals surface area (Å²) >= 11 is 0. The summed E-state index contributed by atoms with van der Waals surface area (Å²) in [6.07, 6.45) is 7.98. The van der Waals surface area contributed by atoms with Crippen LogP contribution in [0.3, 0.4) is 0 Å². The quantitative estimate of drug-likeness (QED) is 0.643. The van der Waals surface area contributed by atoms with Gasteiger partial charge in [0, 0.05) is 53.4 Å². The highest BCUT2D eigenvalue weighted by Crippen LogP contribution is 2.27. The van der Waals surface area contributed by atoms with Gasteiger partial charge in [-0.25, -0.2) is 20.8 Å². The molecule has 0 aromatic carbocycles. The first-order valence-electron chi connectivity index (χ1n) is 9.42. The van der Waals surface area contributed by atoms with E-state index >= 15 is 0 Å². The number of pyridine rings is 1. The number of carbonyl (C=O) groups excluding carboxylic acids is 1. The second-order valence-corrected chi connectivity index (χ2v) is 7.34. The molecule has 2 aromatic rings. The fourth-order valence-electron chi connectivity index (χ4n) is 3.92. The Bertz CT molecular complexity index is 813. The Morgan fingerprint density at radius 3 is 2.78 bits per heavy atom. The molecule has 1 saturated heterocycles. The maximum absolute atomic E-state index is 12.7. The summed E-state index contributed by atoms with van der Waals surface area (Å²) in [5.74, 6) is 0.801. The van der Waals surface area contributed by atoms with E-state index in [4.69, 9.17) is 0 Å². The Kier molecular flexibility index (Phi) is 5.11. The lowest BCUT2D eigenvalue weighted by Crippen LogP contribution is -2.44. The van der Waals surface area contributed by atoms with Crippen LogP contribution in [0.2, 0.25) is 0 Å². The van der Waals surface area contributed by atoms with Crippen molar-refractivity contribution in [2.45, 2.75) is 51.2 Å². The molecule has 4 unspecified atom stereocenters. The van der Waals surface area contributed by atoms with E-state index in [1.54, 1.807) is 12.4 Å². The van der Waals surface area contributed by atoms with Crippen LogP contribution >= 0.6 is 0 Å². The van der Waals surface area contributed by atoms with Gasteiger partial charge >= 0.3 is 0 Å². The highest BCUT2D eigenvalue weighted by atomic mass is 16.1. The van der Waals surface area contributed by atoms with Crippen LogP contribution in [0.15, 0.2) is 30.7 Å². The van der Waals surface area contributed by atoms with Crippen LogP contribution in [-0.4, -0.2) is 32.9 Å². The van der Waals surface area contributed by atoms with Crippen molar-refractivity contribution in [3.63, 3.8) is 0 Å². The summed E-state index contributed by atoms with van der Waals surface area (Å²) in [7, 11) is 0. The molecule has 2 aliphatic rings. The lowest BCUT2D eigenvalue weighted by atomic mass is 9.82. The Balaban J connectivity index is 1.42. The molecule has 3 heterocycles. The van der Waals surface area contributed by atoms with Gasteiger partial charge in [-0.2, -0.15) is 5.53 Å². The topological polar surface area (TPSA) is 104 Å². The Hall–Kier alpha value is -2.42. The van der Waals surface area contributed by atoms with E-state index in [0.717, 1.165) is 36.1 Å². The molecule has 1 aliphatic heterocycles. The third kappa shape index (κ3) is 3.83. The number of hydrogen-bond donors (Lipinski definition) is 4. The van der Waals surface area contributed by atoms with E-state index in [9.17, 15) is 4.79 Å². The smallest absolute Gasteiger partial charge is 0.223 e. The first-order chi connectivity index (χ1) is 13.1. The van der Waals surface area contributed by atoms with Gasteiger partial charge in [-0.05, 0) is 45.2 Å². The van der Waals surface area contributed by atoms with E-state index < -0.39 is 0 Å². The molecule has 0 bridgehead atoms. The summed E-state index contributed by atoms with van der Waals surface area (Å²) in [4.78, 5) is 25.9. The van der Waals surface area contributed by atoms with Crippen LogP contribution in [0.25, 0.3) is 11.4 Å². The third-order valence-electron chi connectivity index (χ3n) is 5.52. The summed E-state index contributed by atoms with van der Waals surface area (Å²) < 4.78 is 0. The normalized spacial score (nSPS) is 25.6. The molecule has 0 spiro atoms. The lowest BCUT2D eigenvalue weighted by molar-refractivity contribution is -0.126. The third-order valence-corrected chi connectivity index (χ3v) is 5.52. The van der Waals surface area contributed by atoms with Crippen LogP contribution < -0.4 is 21.7 Å². The largest absolute Gasteiger partial charge is 0.349 e. The van der Waals surface area contributed by atoms with Gasteiger partial charge in [-0.1, -0.05) is 0 Å². The summed E-state index contributed by atoms with van der Waals surface area (Å²) in [6, 6.07) is 4.35. The molecule has 1 amide bonds. The van der Waals surface area contributed by atoms with Gasteiger partial charge in [0.2, 0.25) is 5.91 Å². The molecule has 4 N–H and O–H groups in total. The average molecular weight is 367 g/mol. The summed E-state index contributed by atoms with van der Waals surface area (Å²) in [5, 5.41) is 3.15. The van der Waals surface area contributed by atoms with Crippen LogP contribution in [0.1, 0.15) is 43.5 Å². The summed E-state index contributed by atoms with van der Waals surface area (Å²) in [5.41, 5.74) is 12.1. The van der Waals surface area contributed by atoms with Gasteiger partial charge in [0.1, 0.15) is 0 Å². The van der Waals surface area contributed by atoms with Crippen LogP contribution in [0.4, 0.5) is 0 Å². The van der Waals surface area contributed by atoms with Crippen molar-refractivity contribution in [3.05, 3.63) is 42.0 Å². The molecule has 1 saturated carbocycles. The molecule has 8 nitrogen and oxygen atoms in total. The van der Waals surface area contributed by atoms with E-state index in [1.165, 1.54) is 0 Å². The zero-order chi connectivity index (χ0) is 18.8. The molecule has 4 rings (SSSR count). The van der Waals surface area contributed by atoms with Gasteiger partial charge in [-0.15, -0.1) is 0 Å². The van der Waals surface area contributed by atoms with Crippen molar-refractivity contribution in [2.24, 2.45) is 5.92 Å². The Morgan fingerprint density at radius 1 is 1.22 bits per heavy atom. The van der Waals surface area contributed by atoms with Crippen molar-refractivity contribution in [2.75, 3.05) is 0 Å². The van der Waals surface area contributed by atoms with Crippen molar-refractivity contribution in [1.29, 1.82) is 0 Å². The predicted octanol–water partition coefficient (Wildman–Crippen LogP) is 1.17. The number of aromatic nitrogens is 3. The van der Waals surface area contributed by atoms with Crippen molar-refractivity contribution in [3.8, 4) is 11.4 Å². The fraction of sp³-hybridized carbons (Fsp3) is 0.474. The number of amides is 1. The monoisotopic (exact) mass is 367 g/mol. The minimum Gasteiger partial charge on any atom is -0.349 e. The number of fused-ring (bicyclic) bond motifs is 1. The van der Waals surface area contributed by atoms with Gasteiger partial charge in [-0.3, -0.25) is 9.78 Å². The molecule has 0 radical (unpaired) electrons. The number of aryl methyl sites for hydroxylation is 1. The number of rotatable bonds is 4. The molecule has 142 valence electrons. The highest BCUT2D eigenvalue weighted by Gasteiger charge is 2.36. The second kappa shape index (κ2) is 7.67. The molecule has 2 aromatic heterocycles. The fourth-order valence-corrected chi connectivity index (χ4v) is 3.92. The minimum atomic E-state index is -0.130. The molecular weight excluding hydrogens is 342 g/mol. The van der Waals surface area contributed by atoms with E-state index in [1.807, 2.05) is 32.2 Å². The molecule has 8 heteroatoms. The van der Waals surface area contributed by atoms with Crippen LogP contribution in [-0.2, 0) is 4.79 Å². The average Bonchev–Trinajstić information content (AvgIpc) is 3.16. The van der Waals surface area contributed by atoms with E-state index in [-0.39, 0.29) is 17.9 Å². The molecule has 27 heavy (non-hydrogen) atoms. The number of hydrogen-bond acceptors (Lipinski definition) is 7. The molecule has 1 aliphatic carbocycles. The Morgan fingerprint density at radius 2 is 2.00 bits per heavy atom. The number of hydrazine groups is 2. The second-order valence-electron chi connectivity index (χ2n) is 7.34. The van der Waals surface area contributed by atoms with Gasteiger partial charge in [0.25, 0.3) is 0 Å². The highest BCUT2D eigenvalue weighted by molar-refractivity contribution is 5.79. The molecule has 4 atom stereocenters. The molecular formula is C19H25N7O.